The molecular weight excluding hydrogens is 296 g/mol. The van der Waals surface area contributed by atoms with Crippen LogP contribution in [-0.4, -0.2) is 47.8 Å². The Bertz CT molecular complexity index is 545. The molecule has 4 nitrogen and oxygen atoms in total. The largest absolute Gasteiger partial charge is 0.341 e. The lowest BCUT2D eigenvalue weighted by atomic mass is 10.1. The molecule has 22 heavy (non-hydrogen) atoms. The molecule has 0 bridgehead atoms. The molecule has 0 spiro atoms. The molecule has 2 amide bonds. The van der Waals surface area contributed by atoms with E-state index in [2.05, 4.69) is 26.5 Å². The van der Waals surface area contributed by atoms with E-state index >= 15 is 0 Å². The fraction of sp³-hybridized carbons (Fsp3) is 0.529. The first kappa shape index (κ1) is 16.9. The van der Waals surface area contributed by atoms with Crippen molar-refractivity contribution >= 4 is 24.4 Å². The van der Waals surface area contributed by atoms with Gasteiger partial charge in [0.25, 0.3) is 5.91 Å². The van der Waals surface area contributed by atoms with Crippen molar-refractivity contribution in [2.24, 2.45) is 5.92 Å². The van der Waals surface area contributed by atoms with Crippen molar-refractivity contribution in [3.05, 3.63) is 29.8 Å². The summed E-state index contributed by atoms with van der Waals surface area (Å²) in [4.78, 5) is 29.2. The summed E-state index contributed by atoms with van der Waals surface area (Å²) in [6.45, 7) is 6.73. The fourth-order valence-electron chi connectivity index (χ4n) is 2.67. The molecule has 0 saturated carbocycles. The first-order chi connectivity index (χ1) is 10.5. The number of nitrogens with zero attached hydrogens (tertiary/aromatic N) is 2. The van der Waals surface area contributed by atoms with Crippen LogP contribution in [0.1, 0.15) is 37.0 Å². The van der Waals surface area contributed by atoms with Crippen molar-refractivity contribution in [1.29, 1.82) is 0 Å². The number of thiol groups is 1. The maximum absolute atomic E-state index is 12.6. The zero-order valence-electron chi connectivity index (χ0n) is 13.3. The second-order valence-electron chi connectivity index (χ2n) is 6.14. The summed E-state index contributed by atoms with van der Waals surface area (Å²) in [6.07, 6.45) is 1.40. The van der Waals surface area contributed by atoms with Crippen molar-refractivity contribution in [1.82, 2.24) is 9.80 Å². The summed E-state index contributed by atoms with van der Waals surface area (Å²) < 4.78 is 0. The third-order valence-electron chi connectivity index (χ3n) is 3.85. The first-order valence-corrected chi connectivity index (χ1v) is 8.29. The Kier molecular flexibility index (Phi) is 5.89. The maximum Gasteiger partial charge on any atom is 0.255 e. The Balaban J connectivity index is 2.00. The lowest BCUT2D eigenvalue weighted by Gasteiger charge is -2.23. The summed E-state index contributed by atoms with van der Waals surface area (Å²) >= 11 is 4.36. The summed E-state index contributed by atoms with van der Waals surface area (Å²) in [5.41, 5.74) is 0.632. The second-order valence-corrected chi connectivity index (χ2v) is 6.62. The Morgan fingerprint density at radius 2 is 1.73 bits per heavy atom. The van der Waals surface area contributed by atoms with Crippen molar-refractivity contribution in [3.63, 3.8) is 0 Å². The average Bonchev–Trinajstić information content (AvgIpc) is 2.72. The van der Waals surface area contributed by atoms with Gasteiger partial charge in [0.05, 0.1) is 5.56 Å². The molecule has 2 rings (SSSR count). The highest BCUT2D eigenvalue weighted by molar-refractivity contribution is 7.80. The topological polar surface area (TPSA) is 40.6 Å². The minimum atomic E-state index is 0.00348. The van der Waals surface area contributed by atoms with E-state index in [-0.39, 0.29) is 11.8 Å². The molecule has 1 aromatic rings. The van der Waals surface area contributed by atoms with E-state index in [1.807, 2.05) is 28.0 Å². The van der Waals surface area contributed by atoms with Crippen LogP contribution in [-0.2, 0) is 4.79 Å². The number of hydrogen-bond acceptors (Lipinski definition) is 3. The van der Waals surface area contributed by atoms with Gasteiger partial charge in [0.2, 0.25) is 5.91 Å². The number of carbonyl (C=O) groups is 2. The Morgan fingerprint density at radius 3 is 2.41 bits per heavy atom. The summed E-state index contributed by atoms with van der Waals surface area (Å²) in [5.74, 6) is 0.562. The van der Waals surface area contributed by atoms with E-state index in [1.165, 1.54) is 0 Å². The SMILES string of the molecule is CC(C)CC(=O)N1CCCN(C(=O)c2ccccc2S)CC1. The van der Waals surface area contributed by atoms with Gasteiger partial charge in [0, 0.05) is 37.5 Å². The molecule has 0 atom stereocenters. The Morgan fingerprint density at radius 1 is 1.09 bits per heavy atom. The fourth-order valence-corrected chi connectivity index (χ4v) is 2.93. The van der Waals surface area contributed by atoms with Gasteiger partial charge in [-0.1, -0.05) is 26.0 Å². The van der Waals surface area contributed by atoms with Crippen molar-refractivity contribution in [2.75, 3.05) is 26.2 Å². The molecule has 0 radical (unpaired) electrons. The van der Waals surface area contributed by atoms with E-state index in [4.69, 9.17) is 0 Å². The molecule has 1 heterocycles. The Hall–Kier alpha value is -1.49. The van der Waals surface area contributed by atoms with Gasteiger partial charge in [-0.05, 0) is 24.5 Å². The first-order valence-electron chi connectivity index (χ1n) is 7.84. The van der Waals surface area contributed by atoms with Gasteiger partial charge in [0.15, 0.2) is 0 Å². The summed E-state index contributed by atoms with van der Waals surface area (Å²) in [6, 6.07) is 7.35. The van der Waals surface area contributed by atoms with Gasteiger partial charge in [-0.2, -0.15) is 0 Å². The minimum absolute atomic E-state index is 0.00348. The summed E-state index contributed by atoms with van der Waals surface area (Å²) in [5, 5.41) is 0. The van der Waals surface area contributed by atoms with Crippen LogP contribution >= 0.6 is 12.6 Å². The molecule has 1 aliphatic rings. The molecule has 120 valence electrons. The molecule has 5 heteroatoms. The zero-order valence-corrected chi connectivity index (χ0v) is 14.2. The highest BCUT2D eigenvalue weighted by Gasteiger charge is 2.23. The third-order valence-corrected chi connectivity index (χ3v) is 4.24. The van der Waals surface area contributed by atoms with Gasteiger partial charge in [-0.3, -0.25) is 9.59 Å². The molecule has 1 aliphatic heterocycles. The van der Waals surface area contributed by atoms with Crippen molar-refractivity contribution in [3.8, 4) is 0 Å². The number of hydrogen-bond donors (Lipinski definition) is 1. The molecule has 0 N–H and O–H groups in total. The van der Waals surface area contributed by atoms with E-state index in [1.54, 1.807) is 6.07 Å². The van der Waals surface area contributed by atoms with Gasteiger partial charge >= 0.3 is 0 Å². The van der Waals surface area contributed by atoms with Gasteiger partial charge < -0.3 is 9.80 Å². The quantitative estimate of drug-likeness (QED) is 0.870. The van der Waals surface area contributed by atoms with Gasteiger partial charge in [-0.15, -0.1) is 12.6 Å². The minimum Gasteiger partial charge on any atom is -0.341 e. The molecule has 1 fully saturated rings. The smallest absolute Gasteiger partial charge is 0.255 e. The van der Waals surface area contributed by atoms with Crippen LogP contribution in [0.5, 0.6) is 0 Å². The predicted octanol–water partition coefficient (Wildman–Crippen LogP) is 2.70. The lowest BCUT2D eigenvalue weighted by molar-refractivity contribution is -0.131. The number of amides is 2. The zero-order chi connectivity index (χ0) is 16.1. The number of rotatable bonds is 3. The molecule has 0 unspecified atom stereocenters. The van der Waals surface area contributed by atoms with Crippen LogP contribution in [0.4, 0.5) is 0 Å². The van der Waals surface area contributed by atoms with E-state index < -0.39 is 0 Å². The standard InChI is InChI=1S/C17H24N2O2S/c1-13(2)12-16(20)18-8-5-9-19(11-10-18)17(21)14-6-3-4-7-15(14)22/h3-4,6-7,13,22H,5,8-12H2,1-2H3. The molecule has 0 aliphatic carbocycles. The van der Waals surface area contributed by atoms with Crippen LogP contribution in [0.25, 0.3) is 0 Å². The van der Waals surface area contributed by atoms with E-state index in [0.29, 0.717) is 42.4 Å². The maximum atomic E-state index is 12.6. The predicted molar refractivity (Wildman–Crippen MR) is 90.2 cm³/mol. The normalized spacial score (nSPS) is 15.8. The van der Waals surface area contributed by atoms with Crippen LogP contribution in [0.2, 0.25) is 0 Å². The lowest BCUT2D eigenvalue weighted by Crippen LogP contribution is -2.37. The Labute approximate surface area is 137 Å². The average molecular weight is 320 g/mol. The molecular formula is C17H24N2O2S. The van der Waals surface area contributed by atoms with Gasteiger partial charge in [-0.25, -0.2) is 0 Å². The highest BCUT2D eigenvalue weighted by atomic mass is 32.1. The van der Waals surface area contributed by atoms with Crippen LogP contribution in [0, 0.1) is 5.92 Å². The second kappa shape index (κ2) is 7.68. The number of carbonyl (C=O) groups excluding carboxylic acids is 2. The molecule has 0 aromatic heterocycles. The van der Waals surface area contributed by atoms with Crippen LogP contribution < -0.4 is 0 Å². The third kappa shape index (κ3) is 4.26. The van der Waals surface area contributed by atoms with Crippen molar-refractivity contribution in [2.45, 2.75) is 31.6 Å². The van der Waals surface area contributed by atoms with Gasteiger partial charge in [0.1, 0.15) is 0 Å². The molecule has 1 aromatic carbocycles. The number of benzene rings is 1. The van der Waals surface area contributed by atoms with E-state index in [0.717, 1.165) is 13.0 Å². The molecule has 1 saturated heterocycles. The van der Waals surface area contributed by atoms with E-state index in [9.17, 15) is 9.59 Å². The summed E-state index contributed by atoms with van der Waals surface area (Å²) in [7, 11) is 0. The van der Waals surface area contributed by atoms with Crippen LogP contribution in [0.15, 0.2) is 29.2 Å². The monoisotopic (exact) mass is 320 g/mol. The van der Waals surface area contributed by atoms with Crippen LogP contribution in [0.3, 0.4) is 0 Å². The van der Waals surface area contributed by atoms with Crippen molar-refractivity contribution < 1.29 is 9.59 Å². The highest BCUT2D eigenvalue weighted by Crippen LogP contribution is 2.17.